The third kappa shape index (κ3) is 3.36. The van der Waals surface area contributed by atoms with Gasteiger partial charge in [0.05, 0.1) is 0 Å². The minimum absolute atomic E-state index is 0.460. The molecule has 1 unspecified atom stereocenters. The molecule has 2 heteroatoms. The van der Waals surface area contributed by atoms with Gasteiger partial charge in [-0.05, 0) is 92.0 Å². The van der Waals surface area contributed by atoms with Crippen molar-refractivity contribution in [3.05, 3.63) is 24.3 Å². The standard InChI is InChI=1S/C28H46N2/c1-26-14-8-9-16-28(26,3)23-13-5-4-12-22-24(29-17-10-18-30-25(23)20-26)19-21-11-6-7-15-27(21,22)2/h4-5,12-13,21-25,29-30H,6-11,14-20H2,1-3H3/b12-4+,13-5+/t21?,22-,23-,24+,25-,26+,27-,28+/m1/s1. The van der Waals surface area contributed by atoms with Crippen molar-refractivity contribution in [2.45, 2.75) is 103 Å². The highest BCUT2D eigenvalue weighted by atomic mass is 15.0. The van der Waals surface area contributed by atoms with Crippen LogP contribution in [0.2, 0.25) is 0 Å². The highest BCUT2D eigenvalue weighted by Crippen LogP contribution is 2.63. The Morgan fingerprint density at radius 3 is 2.27 bits per heavy atom. The SMILES string of the molecule is C[C@@]12CCCC[C@@]1(C)[C@@H]1/C=C/C=C/[C@@H]3[C@H](CC4CCCC[C@]43C)NCCCN[C@@H]1C2. The monoisotopic (exact) mass is 410 g/mol. The van der Waals surface area contributed by atoms with Crippen molar-refractivity contribution in [3.63, 3.8) is 0 Å². The molecule has 30 heavy (non-hydrogen) atoms. The molecule has 2 N–H and O–H groups in total. The highest BCUT2D eigenvalue weighted by molar-refractivity contribution is 5.20. The van der Waals surface area contributed by atoms with Gasteiger partial charge in [-0.2, -0.15) is 0 Å². The Balaban J connectivity index is 1.41. The van der Waals surface area contributed by atoms with Crippen LogP contribution in [-0.2, 0) is 0 Å². The lowest BCUT2D eigenvalue weighted by atomic mass is 9.57. The van der Waals surface area contributed by atoms with Crippen molar-refractivity contribution < 1.29 is 0 Å². The summed E-state index contributed by atoms with van der Waals surface area (Å²) in [7, 11) is 0. The molecule has 4 saturated carbocycles. The first-order valence-corrected chi connectivity index (χ1v) is 13.3. The molecule has 0 spiro atoms. The first kappa shape index (κ1) is 21.3. The molecule has 0 amide bonds. The molecule has 0 saturated heterocycles. The van der Waals surface area contributed by atoms with Gasteiger partial charge in [-0.15, -0.1) is 0 Å². The number of allylic oxidation sites excluding steroid dienone is 2. The van der Waals surface area contributed by atoms with Gasteiger partial charge in [-0.3, -0.25) is 0 Å². The number of hydrogen-bond donors (Lipinski definition) is 2. The maximum absolute atomic E-state index is 4.03. The molecule has 5 rings (SSSR count). The fraction of sp³-hybridized carbons (Fsp3) is 0.857. The number of fused-ring (bicyclic) bond motifs is 6. The van der Waals surface area contributed by atoms with Gasteiger partial charge >= 0.3 is 0 Å². The fourth-order valence-corrected chi connectivity index (χ4v) is 8.87. The Kier molecular flexibility index (Phi) is 5.72. The van der Waals surface area contributed by atoms with Gasteiger partial charge in [0, 0.05) is 12.1 Å². The van der Waals surface area contributed by atoms with E-state index in [4.69, 9.17) is 0 Å². The predicted molar refractivity (Wildman–Crippen MR) is 127 cm³/mol. The van der Waals surface area contributed by atoms with Gasteiger partial charge in [-0.25, -0.2) is 0 Å². The summed E-state index contributed by atoms with van der Waals surface area (Å²) in [6, 6.07) is 1.34. The van der Waals surface area contributed by atoms with Crippen molar-refractivity contribution >= 4 is 0 Å². The third-order valence-electron chi connectivity index (χ3n) is 11.0. The molecule has 0 radical (unpaired) electrons. The normalized spacial score (nSPS) is 53.8. The van der Waals surface area contributed by atoms with E-state index in [1.165, 1.54) is 83.7 Å². The van der Waals surface area contributed by atoms with E-state index in [0.717, 1.165) is 5.92 Å². The average molecular weight is 411 g/mol. The van der Waals surface area contributed by atoms with E-state index in [1.807, 2.05) is 0 Å². The number of rotatable bonds is 0. The smallest absolute Gasteiger partial charge is 0.0141 e. The molecular weight excluding hydrogens is 364 g/mol. The van der Waals surface area contributed by atoms with Crippen molar-refractivity contribution in [1.82, 2.24) is 10.6 Å². The molecule has 1 heterocycles. The molecule has 0 aromatic heterocycles. The minimum atomic E-state index is 0.460. The summed E-state index contributed by atoms with van der Waals surface area (Å²) in [5, 5.41) is 8.04. The number of nitrogens with one attached hydrogen (secondary N) is 2. The molecule has 168 valence electrons. The molecule has 0 bridgehead atoms. The summed E-state index contributed by atoms with van der Waals surface area (Å²) in [6.45, 7) is 10.2. The van der Waals surface area contributed by atoms with E-state index in [-0.39, 0.29) is 0 Å². The molecule has 0 aromatic rings. The van der Waals surface area contributed by atoms with E-state index >= 15 is 0 Å². The van der Waals surface area contributed by atoms with Crippen molar-refractivity contribution in [2.24, 2.45) is 34.0 Å². The zero-order chi connectivity index (χ0) is 20.8. The van der Waals surface area contributed by atoms with Crippen LogP contribution in [0.25, 0.3) is 0 Å². The van der Waals surface area contributed by atoms with Crippen LogP contribution in [0.5, 0.6) is 0 Å². The molecule has 8 atom stereocenters. The van der Waals surface area contributed by atoms with Crippen LogP contribution in [0.1, 0.15) is 91.4 Å². The van der Waals surface area contributed by atoms with Crippen LogP contribution in [0.15, 0.2) is 24.3 Å². The minimum Gasteiger partial charge on any atom is -0.313 e. The van der Waals surface area contributed by atoms with E-state index in [1.54, 1.807) is 0 Å². The molecule has 0 aromatic carbocycles. The summed E-state index contributed by atoms with van der Waals surface area (Å²) in [5.74, 6) is 2.31. The van der Waals surface area contributed by atoms with Crippen LogP contribution < -0.4 is 10.6 Å². The predicted octanol–water partition coefficient (Wildman–Crippen LogP) is 6.24. The largest absolute Gasteiger partial charge is 0.313 e. The lowest BCUT2D eigenvalue weighted by Crippen LogP contribution is -2.41. The maximum Gasteiger partial charge on any atom is 0.0141 e. The van der Waals surface area contributed by atoms with Gasteiger partial charge in [0.1, 0.15) is 0 Å². The topological polar surface area (TPSA) is 24.1 Å². The van der Waals surface area contributed by atoms with Gasteiger partial charge in [0.2, 0.25) is 0 Å². The second-order valence-corrected chi connectivity index (χ2v) is 12.4. The summed E-state index contributed by atoms with van der Waals surface area (Å²) in [4.78, 5) is 0. The second-order valence-electron chi connectivity index (χ2n) is 12.4. The van der Waals surface area contributed by atoms with Crippen LogP contribution in [-0.4, -0.2) is 25.2 Å². The van der Waals surface area contributed by atoms with Gasteiger partial charge in [-0.1, -0.05) is 70.8 Å². The second kappa shape index (κ2) is 8.07. The summed E-state index contributed by atoms with van der Waals surface area (Å²) < 4.78 is 0. The molecule has 4 fully saturated rings. The zero-order valence-electron chi connectivity index (χ0n) is 19.9. The summed E-state index contributed by atoms with van der Waals surface area (Å²) in [5.41, 5.74) is 1.49. The Hall–Kier alpha value is -0.600. The summed E-state index contributed by atoms with van der Waals surface area (Å²) in [6.07, 6.45) is 25.6. The average Bonchev–Trinajstić information content (AvgIpc) is 3.13. The van der Waals surface area contributed by atoms with Crippen molar-refractivity contribution in [2.75, 3.05) is 13.1 Å². The molecule has 5 aliphatic rings. The Labute approximate surface area is 185 Å². The van der Waals surface area contributed by atoms with E-state index in [2.05, 4.69) is 55.7 Å². The van der Waals surface area contributed by atoms with Gasteiger partial charge < -0.3 is 10.6 Å². The van der Waals surface area contributed by atoms with Crippen LogP contribution in [0, 0.1) is 34.0 Å². The first-order chi connectivity index (χ1) is 14.5. The number of hydrogen-bond acceptors (Lipinski definition) is 2. The lowest BCUT2D eigenvalue weighted by molar-refractivity contribution is 0.0299. The Morgan fingerprint density at radius 1 is 0.733 bits per heavy atom. The zero-order valence-corrected chi connectivity index (χ0v) is 19.9. The van der Waals surface area contributed by atoms with Gasteiger partial charge in [0.15, 0.2) is 0 Å². The van der Waals surface area contributed by atoms with Crippen LogP contribution >= 0.6 is 0 Å². The maximum atomic E-state index is 4.03. The molecule has 4 aliphatic carbocycles. The van der Waals surface area contributed by atoms with Crippen LogP contribution in [0.4, 0.5) is 0 Å². The summed E-state index contributed by atoms with van der Waals surface area (Å²) >= 11 is 0. The van der Waals surface area contributed by atoms with Crippen molar-refractivity contribution in [1.29, 1.82) is 0 Å². The van der Waals surface area contributed by atoms with Crippen molar-refractivity contribution in [3.8, 4) is 0 Å². The quantitative estimate of drug-likeness (QED) is 0.494. The lowest BCUT2D eigenvalue weighted by Gasteiger charge is -2.48. The van der Waals surface area contributed by atoms with Gasteiger partial charge in [0.25, 0.3) is 0 Å². The van der Waals surface area contributed by atoms with E-state index in [0.29, 0.717) is 40.2 Å². The Bertz CT molecular complexity index is 682. The molecule has 1 aliphatic heterocycles. The fourth-order valence-electron chi connectivity index (χ4n) is 8.87. The molecular formula is C28H46N2. The molecule has 2 nitrogen and oxygen atoms in total. The third-order valence-corrected chi connectivity index (χ3v) is 11.0. The first-order valence-electron chi connectivity index (χ1n) is 13.3. The van der Waals surface area contributed by atoms with E-state index in [9.17, 15) is 0 Å². The Morgan fingerprint density at radius 2 is 1.43 bits per heavy atom. The highest BCUT2D eigenvalue weighted by Gasteiger charge is 2.58. The van der Waals surface area contributed by atoms with Crippen LogP contribution in [0.3, 0.4) is 0 Å². The van der Waals surface area contributed by atoms with E-state index < -0.39 is 0 Å².